The van der Waals surface area contributed by atoms with Crippen LogP contribution in [0.5, 0.6) is 5.75 Å². The molecule has 3 aromatic heterocycles. The van der Waals surface area contributed by atoms with Gasteiger partial charge in [-0.2, -0.15) is 0 Å². The average molecular weight is 570 g/mol. The standard InChI is InChI=1S/C32H36FN7O2/c1-20-35-9-11-38(20)12-13-42-29-5-3-4-23-15-28(40(30(23)29)18-21-6-7-21)31-36-26-16-25-22(14-27(26)37(31)2)8-10-39(32(25)41)19-24(34)17-33/h3-5,9,11,14-16,21,24H,6-8,10,12-13,17-19,34H2,1-2H3/t24-/m1/s1. The molecular formula is C32H36FN7O2. The van der Waals surface area contributed by atoms with Gasteiger partial charge in [-0.15, -0.1) is 0 Å². The molecule has 1 saturated carbocycles. The Hall–Kier alpha value is -4.18. The van der Waals surface area contributed by atoms with E-state index in [9.17, 15) is 9.18 Å². The molecule has 218 valence electrons. The van der Waals surface area contributed by atoms with Gasteiger partial charge in [0.25, 0.3) is 5.91 Å². The van der Waals surface area contributed by atoms with Crippen molar-refractivity contribution in [2.24, 2.45) is 18.7 Å². The quantitative estimate of drug-likeness (QED) is 0.268. The first-order valence-corrected chi connectivity index (χ1v) is 14.7. The highest BCUT2D eigenvalue weighted by molar-refractivity contribution is 6.01. The molecule has 0 spiro atoms. The summed E-state index contributed by atoms with van der Waals surface area (Å²) in [7, 11) is 2.04. The first kappa shape index (κ1) is 26.7. The number of ether oxygens (including phenoxy) is 1. The van der Waals surface area contributed by atoms with Gasteiger partial charge in [0.1, 0.15) is 24.9 Å². The maximum atomic E-state index is 13.3. The lowest BCUT2D eigenvalue weighted by Crippen LogP contribution is -2.45. The van der Waals surface area contributed by atoms with Crippen LogP contribution in [0.4, 0.5) is 4.39 Å². The van der Waals surface area contributed by atoms with E-state index in [1.54, 1.807) is 4.90 Å². The molecule has 42 heavy (non-hydrogen) atoms. The van der Waals surface area contributed by atoms with E-state index in [0.29, 0.717) is 31.1 Å². The highest BCUT2D eigenvalue weighted by Gasteiger charge is 2.29. The van der Waals surface area contributed by atoms with Crippen LogP contribution in [-0.4, -0.2) is 66.9 Å². The Morgan fingerprint density at radius 2 is 2.07 bits per heavy atom. The van der Waals surface area contributed by atoms with E-state index in [-0.39, 0.29) is 12.5 Å². The number of hydrogen-bond acceptors (Lipinski definition) is 5. The van der Waals surface area contributed by atoms with Gasteiger partial charge < -0.3 is 29.1 Å². The smallest absolute Gasteiger partial charge is 0.254 e. The third kappa shape index (κ3) is 4.73. The molecule has 1 aliphatic heterocycles. The number of para-hydroxylation sites is 1. The van der Waals surface area contributed by atoms with Crippen LogP contribution in [0.1, 0.15) is 34.6 Å². The molecule has 2 aromatic carbocycles. The first-order chi connectivity index (χ1) is 20.4. The number of carbonyl (C=O) groups is 1. The molecule has 4 heterocycles. The van der Waals surface area contributed by atoms with Crippen molar-refractivity contribution in [2.45, 2.75) is 45.3 Å². The number of halogens is 1. The van der Waals surface area contributed by atoms with Gasteiger partial charge in [-0.25, -0.2) is 14.4 Å². The molecule has 0 unspecified atom stereocenters. The monoisotopic (exact) mass is 569 g/mol. The summed E-state index contributed by atoms with van der Waals surface area (Å²) in [6.07, 6.45) is 6.94. The van der Waals surface area contributed by atoms with Gasteiger partial charge in [0.2, 0.25) is 0 Å². The van der Waals surface area contributed by atoms with E-state index in [1.807, 2.05) is 44.6 Å². The Labute approximate surface area is 243 Å². The van der Waals surface area contributed by atoms with Crippen molar-refractivity contribution in [3.8, 4) is 17.3 Å². The molecule has 7 rings (SSSR count). The molecule has 0 saturated heterocycles. The third-order valence-electron chi connectivity index (χ3n) is 8.69. The second-order valence-corrected chi connectivity index (χ2v) is 11.7. The highest BCUT2D eigenvalue weighted by Crippen LogP contribution is 2.39. The first-order valence-electron chi connectivity index (χ1n) is 14.7. The van der Waals surface area contributed by atoms with Gasteiger partial charge in [0.15, 0.2) is 5.82 Å². The van der Waals surface area contributed by atoms with E-state index in [2.05, 4.69) is 36.9 Å². The highest BCUT2D eigenvalue weighted by atomic mass is 19.1. The summed E-state index contributed by atoms with van der Waals surface area (Å²) < 4.78 is 26.0. The number of rotatable bonds is 10. The number of alkyl halides is 1. The number of aromatic nitrogens is 5. The molecular weight excluding hydrogens is 533 g/mol. The number of benzene rings is 2. The summed E-state index contributed by atoms with van der Waals surface area (Å²) in [6.45, 7) is 4.27. The van der Waals surface area contributed by atoms with Crippen molar-refractivity contribution in [1.29, 1.82) is 0 Å². The van der Waals surface area contributed by atoms with Crippen molar-refractivity contribution < 1.29 is 13.9 Å². The van der Waals surface area contributed by atoms with Crippen molar-refractivity contribution in [3.05, 3.63) is 65.7 Å². The summed E-state index contributed by atoms with van der Waals surface area (Å²) >= 11 is 0. The van der Waals surface area contributed by atoms with E-state index < -0.39 is 12.7 Å². The SMILES string of the molecule is Cc1nccn1CCOc1cccc2cc(-c3nc4cc5c(cc4n3C)CCN(C[C@H](N)CF)C5=O)n(CC3CC3)c12. The fraction of sp³-hybridized carbons (Fsp3) is 0.406. The molecule has 9 nitrogen and oxygen atoms in total. The summed E-state index contributed by atoms with van der Waals surface area (Å²) in [5, 5.41) is 1.11. The van der Waals surface area contributed by atoms with Crippen LogP contribution < -0.4 is 10.5 Å². The lowest BCUT2D eigenvalue weighted by molar-refractivity contribution is 0.0725. The number of fused-ring (bicyclic) bond motifs is 3. The van der Waals surface area contributed by atoms with Gasteiger partial charge >= 0.3 is 0 Å². The second kappa shape index (κ2) is 10.6. The third-order valence-corrected chi connectivity index (χ3v) is 8.69. The maximum absolute atomic E-state index is 13.3. The normalized spacial score (nSPS) is 16.0. The largest absolute Gasteiger partial charge is 0.490 e. The Bertz CT molecular complexity index is 1800. The van der Waals surface area contributed by atoms with Crippen LogP contribution in [-0.2, 0) is 26.6 Å². The summed E-state index contributed by atoms with van der Waals surface area (Å²) in [5.74, 6) is 3.22. The predicted molar refractivity (Wildman–Crippen MR) is 160 cm³/mol. The lowest BCUT2D eigenvalue weighted by atomic mass is 9.97. The van der Waals surface area contributed by atoms with Gasteiger partial charge in [-0.05, 0) is 61.9 Å². The number of aryl methyl sites for hydroxylation is 2. The number of imidazole rings is 2. The minimum absolute atomic E-state index is 0.107. The van der Waals surface area contributed by atoms with Gasteiger partial charge in [0.05, 0.1) is 34.8 Å². The number of nitrogens with two attached hydrogens (primary N) is 1. The minimum atomic E-state index is -0.669. The van der Waals surface area contributed by atoms with E-state index >= 15 is 0 Å². The Balaban J connectivity index is 1.26. The lowest BCUT2D eigenvalue weighted by Gasteiger charge is -2.30. The maximum Gasteiger partial charge on any atom is 0.254 e. The van der Waals surface area contributed by atoms with E-state index in [4.69, 9.17) is 15.5 Å². The van der Waals surface area contributed by atoms with E-state index in [1.165, 1.54) is 12.8 Å². The molecule has 1 amide bonds. The molecule has 1 atom stereocenters. The molecule has 2 aliphatic rings. The van der Waals surface area contributed by atoms with Crippen LogP contribution >= 0.6 is 0 Å². The van der Waals surface area contributed by atoms with Crippen molar-refractivity contribution in [3.63, 3.8) is 0 Å². The Kier molecular flexibility index (Phi) is 6.73. The van der Waals surface area contributed by atoms with Crippen LogP contribution in [0.2, 0.25) is 0 Å². The van der Waals surface area contributed by atoms with Crippen molar-refractivity contribution in [2.75, 3.05) is 26.4 Å². The second-order valence-electron chi connectivity index (χ2n) is 11.7. The number of amides is 1. The van der Waals surface area contributed by atoms with Crippen LogP contribution in [0.3, 0.4) is 0 Å². The molecule has 5 aromatic rings. The fourth-order valence-electron chi connectivity index (χ4n) is 6.18. The topological polar surface area (TPSA) is 96.1 Å². The fourth-order valence-corrected chi connectivity index (χ4v) is 6.18. The number of nitrogens with zero attached hydrogens (tertiary/aromatic N) is 6. The molecule has 0 radical (unpaired) electrons. The van der Waals surface area contributed by atoms with Crippen LogP contribution in [0.15, 0.2) is 48.8 Å². The average Bonchev–Trinajstić information content (AvgIpc) is 3.48. The molecule has 1 fully saturated rings. The summed E-state index contributed by atoms with van der Waals surface area (Å²) in [5.41, 5.74) is 11.3. The molecule has 1 aliphatic carbocycles. The Morgan fingerprint density at radius 1 is 1.21 bits per heavy atom. The minimum Gasteiger partial charge on any atom is -0.490 e. The summed E-state index contributed by atoms with van der Waals surface area (Å²) in [4.78, 5) is 24.3. The molecule has 10 heteroatoms. The number of carbonyl (C=O) groups excluding carboxylic acids is 1. The zero-order valence-electron chi connectivity index (χ0n) is 24.1. The van der Waals surface area contributed by atoms with Crippen molar-refractivity contribution in [1.82, 2.24) is 28.6 Å². The molecule has 0 bridgehead atoms. The van der Waals surface area contributed by atoms with Crippen LogP contribution in [0, 0.1) is 12.8 Å². The van der Waals surface area contributed by atoms with E-state index in [0.717, 1.165) is 63.7 Å². The summed E-state index contributed by atoms with van der Waals surface area (Å²) in [6, 6.07) is 11.7. The number of hydrogen-bond donors (Lipinski definition) is 1. The van der Waals surface area contributed by atoms with Crippen LogP contribution in [0.25, 0.3) is 33.5 Å². The van der Waals surface area contributed by atoms with Gasteiger partial charge in [-0.1, -0.05) is 12.1 Å². The Morgan fingerprint density at radius 3 is 2.83 bits per heavy atom. The van der Waals surface area contributed by atoms with Gasteiger partial charge in [0, 0.05) is 50.0 Å². The molecule has 2 N–H and O–H groups in total. The van der Waals surface area contributed by atoms with Crippen molar-refractivity contribution >= 4 is 27.8 Å². The zero-order chi connectivity index (χ0) is 29.0. The predicted octanol–water partition coefficient (Wildman–Crippen LogP) is 4.48. The zero-order valence-corrected chi connectivity index (χ0v) is 24.1. The van der Waals surface area contributed by atoms with Gasteiger partial charge in [-0.3, -0.25) is 4.79 Å².